The average molecular weight is 867 g/mol. The highest BCUT2D eigenvalue weighted by atomic mass is 16.6. The van der Waals surface area contributed by atoms with Crippen molar-refractivity contribution in [1.82, 2.24) is 9.13 Å². The van der Waals surface area contributed by atoms with Gasteiger partial charge in [-0.25, -0.2) is 4.79 Å². The number of carbonyl (C=O) groups excluding carboxylic acids is 1. The third kappa shape index (κ3) is 8.27. The van der Waals surface area contributed by atoms with Crippen molar-refractivity contribution in [1.29, 1.82) is 0 Å². The first-order chi connectivity index (χ1) is 29.3. The van der Waals surface area contributed by atoms with E-state index in [-0.39, 0.29) is 51.6 Å². The number of esters is 1. The van der Waals surface area contributed by atoms with E-state index in [0.717, 1.165) is 118 Å². The lowest BCUT2D eigenvalue weighted by atomic mass is 9.33. The van der Waals surface area contributed by atoms with Crippen LogP contribution < -0.4 is 11.2 Å². The Morgan fingerprint density at radius 2 is 1.44 bits per heavy atom. The van der Waals surface area contributed by atoms with Crippen LogP contribution in [0.1, 0.15) is 183 Å². The third-order valence-electron chi connectivity index (χ3n) is 18.9. The van der Waals surface area contributed by atoms with Crippen LogP contribution in [0.5, 0.6) is 0 Å². The number of nitrogens with zero attached hydrogens (tertiary/aromatic N) is 2. The Bertz CT molecular complexity index is 1900. The Morgan fingerprint density at radius 3 is 2.10 bits per heavy atom. The zero-order valence-electron chi connectivity index (χ0n) is 39.3. The topological polar surface area (TPSA) is 160 Å². The molecule has 12 atom stereocenters. The van der Waals surface area contributed by atoms with Gasteiger partial charge in [-0.3, -0.25) is 18.7 Å². The molecule has 1 aliphatic heterocycles. The molecular weight excluding hydrogens is 785 g/mol. The van der Waals surface area contributed by atoms with Gasteiger partial charge in [0.25, 0.3) is 5.56 Å². The minimum atomic E-state index is -1.39. The maximum absolute atomic E-state index is 14.4. The van der Waals surface area contributed by atoms with Crippen LogP contribution in [0.2, 0.25) is 0 Å². The highest BCUT2D eigenvalue weighted by Gasteiger charge is 2.69. The van der Waals surface area contributed by atoms with Crippen LogP contribution in [-0.2, 0) is 20.8 Å². The number of hydrogen-bond acceptors (Lipinski definition) is 9. The number of carbonyl (C=O) groups is 1. The maximum Gasteiger partial charge on any atom is 0.333 e. The summed E-state index contributed by atoms with van der Waals surface area (Å²) in [6.45, 7) is 17.5. The van der Waals surface area contributed by atoms with Crippen molar-refractivity contribution in [2.24, 2.45) is 50.2 Å². The summed E-state index contributed by atoms with van der Waals surface area (Å²) in [4.78, 5) is 40.0. The minimum absolute atomic E-state index is 0.0624. The molecule has 6 aliphatic rings. The second-order valence-electron chi connectivity index (χ2n) is 23.1. The fraction of sp³-hybridized carbons (Fsp3) is 0.863. The zero-order chi connectivity index (χ0) is 44.9. The Labute approximate surface area is 371 Å². The number of hydrogen-bond donors (Lipinski definition) is 4. The number of ether oxygens (including phenoxy) is 2. The van der Waals surface area contributed by atoms with E-state index in [9.17, 15) is 34.8 Å². The molecule has 0 aromatic carbocycles. The van der Waals surface area contributed by atoms with Crippen LogP contribution in [0.4, 0.5) is 0 Å². The molecule has 7 rings (SSSR count). The molecule has 11 heteroatoms. The van der Waals surface area contributed by atoms with Crippen LogP contribution in [0, 0.1) is 50.2 Å². The van der Waals surface area contributed by atoms with Crippen molar-refractivity contribution in [3.63, 3.8) is 0 Å². The fourth-order valence-electron chi connectivity index (χ4n) is 14.7. The van der Waals surface area contributed by atoms with Gasteiger partial charge in [-0.2, -0.15) is 0 Å². The molecule has 4 saturated carbocycles. The van der Waals surface area contributed by atoms with Gasteiger partial charge in [-0.15, -0.1) is 0 Å². The van der Waals surface area contributed by atoms with Crippen LogP contribution in [0.3, 0.4) is 0 Å². The fourth-order valence-corrected chi connectivity index (χ4v) is 14.7. The van der Waals surface area contributed by atoms with Gasteiger partial charge in [0.1, 0.15) is 18.3 Å². The van der Waals surface area contributed by atoms with Crippen molar-refractivity contribution < 1.29 is 34.7 Å². The summed E-state index contributed by atoms with van der Waals surface area (Å²) in [6.07, 6.45) is 19.5. The molecule has 350 valence electrons. The van der Waals surface area contributed by atoms with Crippen molar-refractivity contribution in [3.05, 3.63) is 44.8 Å². The van der Waals surface area contributed by atoms with Crippen molar-refractivity contribution >= 4 is 5.97 Å². The van der Waals surface area contributed by atoms with Crippen LogP contribution in [0.25, 0.3) is 0 Å². The summed E-state index contributed by atoms with van der Waals surface area (Å²) in [5.41, 5.74) is 0.730. The number of fused-ring (bicyclic) bond motifs is 7. The lowest BCUT2D eigenvalue weighted by molar-refractivity contribution is -0.206. The zero-order valence-corrected chi connectivity index (χ0v) is 39.3. The molecule has 2 heterocycles. The molecule has 4 N–H and O–H groups in total. The third-order valence-corrected chi connectivity index (χ3v) is 18.9. The molecule has 11 nitrogen and oxygen atoms in total. The van der Waals surface area contributed by atoms with Gasteiger partial charge in [-0.05, 0) is 122 Å². The smallest absolute Gasteiger partial charge is 0.333 e. The predicted octanol–water partition coefficient (Wildman–Crippen LogP) is 8.23. The quantitative estimate of drug-likeness (QED) is 0.0730. The number of aromatic nitrogens is 2. The highest BCUT2D eigenvalue weighted by Crippen LogP contribution is 2.75. The standard InChI is InChI=1S/C51H82N2O9/c1-46(2)25-27-51(28-26-49(6)34(35(51)32-46)18-19-38-48(5)23-21-39(55)47(3,4)37(48)20-24-50(38,49)7)44(59)61-31-17-15-13-11-9-8-10-12-14-16-29-52-40(56)22-30-53(45(52)60)43-42(58)41(57)36(33-54)62-43/h18,22,30,35-39,41-43,54-55,57-58H,8-17,19-21,23-29,31-33H2,1-7H3/t35-,36+,37?,38+,39-,41+,42+,43+,48-,49+,50+,51-/m0/s1. The lowest BCUT2D eigenvalue weighted by Crippen LogP contribution is -2.65. The maximum atomic E-state index is 14.4. The van der Waals surface area contributed by atoms with E-state index in [1.54, 1.807) is 5.57 Å². The number of unbranched alkanes of at least 4 members (excludes halogenated alkanes) is 9. The van der Waals surface area contributed by atoms with Crippen LogP contribution in [-0.4, -0.2) is 73.2 Å². The molecule has 0 spiro atoms. The van der Waals surface area contributed by atoms with Crippen molar-refractivity contribution in [3.8, 4) is 0 Å². The van der Waals surface area contributed by atoms with E-state index in [4.69, 9.17) is 9.47 Å². The van der Waals surface area contributed by atoms with Crippen molar-refractivity contribution in [2.45, 2.75) is 214 Å². The molecule has 0 amide bonds. The van der Waals surface area contributed by atoms with Crippen LogP contribution >= 0.6 is 0 Å². The summed E-state index contributed by atoms with van der Waals surface area (Å²) in [5, 5.41) is 40.9. The van der Waals surface area contributed by atoms with E-state index >= 15 is 0 Å². The van der Waals surface area contributed by atoms with Gasteiger partial charge >= 0.3 is 11.7 Å². The van der Waals surface area contributed by atoms with Gasteiger partial charge in [-0.1, -0.05) is 111 Å². The van der Waals surface area contributed by atoms with E-state index < -0.39 is 47.8 Å². The first-order valence-corrected chi connectivity index (χ1v) is 24.8. The summed E-state index contributed by atoms with van der Waals surface area (Å²) in [7, 11) is 0. The summed E-state index contributed by atoms with van der Waals surface area (Å²) in [5.74, 6) is 1.42. The lowest BCUT2D eigenvalue weighted by Gasteiger charge is -2.71. The van der Waals surface area contributed by atoms with Gasteiger partial charge < -0.3 is 29.9 Å². The second kappa shape index (κ2) is 18.2. The molecule has 1 saturated heterocycles. The highest BCUT2D eigenvalue weighted by molar-refractivity contribution is 5.78. The van der Waals surface area contributed by atoms with Gasteiger partial charge in [0.05, 0.1) is 24.7 Å². The second-order valence-corrected chi connectivity index (χ2v) is 23.1. The van der Waals surface area contributed by atoms with Gasteiger partial charge in [0.15, 0.2) is 6.23 Å². The van der Waals surface area contributed by atoms with E-state index in [0.29, 0.717) is 24.9 Å². The molecule has 0 bridgehead atoms. The Balaban J connectivity index is 0.841. The minimum Gasteiger partial charge on any atom is -0.465 e. The first kappa shape index (κ1) is 47.6. The molecule has 5 fully saturated rings. The van der Waals surface area contributed by atoms with E-state index in [2.05, 4.69) is 54.5 Å². The van der Waals surface area contributed by atoms with Gasteiger partial charge in [0, 0.05) is 18.8 Å². The number of allylic oxidation sites excluding steroid dienone is 2. The molecular formula is C51H82N2O9. The summed E-state index contributed by atoms with van der Waals surface area (Å²) >= 11 is 0. The average Bonchev–Trinajstić information content (AvgIpc) is 3.51. The largest absolute Gasteiger partial charge is 0.465 e. The van der Waals surface area contributed by atoms with Crippen LogP contribution in [0.15, 0.2) is 33.5 Å². The molecule has 5 aliphatic carbocycles. The Morgan fingerprint density at radius 1 is 0.790 bits per heavy atom. The molecule has 1 unspecified atom stereocenters. The molecule has 1 aromatic heterocycles. The normalized spacial score (nSPS) is 39.5. The van der Waals surface area contributed by atoms with E-state index in [1.807, 2.05) is 0 Å². The molecule has 1 aromatic rings. The SMILES string of the molecule is CC1(C)CC[C@]2(C(=O)OCCCCCCCCCCCCn3c(=O)ccn([C@@H]4O[C@H](CO)[C@@H](O)[C@H]4O)c3=O)CC[C@]3(C)C(=CC[C@@H]4[C@@]5(C)CC[C@H](O)C(C)(C)C5CC[C@]43C)[C@@H]2C1. The predicted molar refractivity (Wildman–Crippen MR) is 240 cm³/mol. The Kier molecular flexibility index (Phi) is 14.0. The first-order valence-electron chi connectivity index (χ1n) is 24.8. The Hall–Kier alpha value is -2.31. The van der Waals surface area contributed by atoms with Crippen molar-refractivity contribution in [2.75, 3.05) is 13.2 Å². The molecule has 0 radical (unpaired) electrons. The van der Waals surface area contributed by atoms with E-state index in [1.165, 1.54) is 25.1 Å². The number of aliphatic hydroxyl groups excluding tert-OH is 4. The monoisotopic (exact) mass is 867 g/mol. The molecule has 62 heavy (non-hydrogen) atoms. The summed E-state index contributed by atoms with van der Waals surface area (Å²) < 4.78 is 14.0. The van der Waals surface area contributed by atoms with Gasteiger partial charge in [0.2, 0.25) is 0 Å². The number of aliphatic hydroxyl groups is 4. The summed E-state index contributed by atoms with van der Waals surface area (Å²) in [6, 6.07) is 1.26. The number of rotatable bonds is 16.